The van der Waals surface area contributed by atoms with Gasteiger partial charge in [0.25, 0.3) is 0 Å². The van der Waals surface area contributed by atoms with Crippen molar-refractivity contribution in [1.29, 1.82) is 0 Å². The van der Waals surface area contributed by atoms with Gasteiger partial charge < -0.3 is 10.2 Å². The molecule has 0 aromatic rings. The van der Waals surface area contributed by atoms with E-state index in [4.69, 9.17) is 11.6 Å². The second-order valence-corrected chi connectivity index (χ2v) is 9.50. The second-order valence-electron chi connectivity index (χ2n) is 9.10. The number of allylic oxidation sites excluding steroid dienone is 2. The largest absolute Gasteiger partial charge is 0.390 e. The van der Waals surface area contributed by atoms with Crippen molar-refractivity contribution in [3.05, 3.63) is 22.8 Å². The molecule has 7 atom stereocenters. The van der Waals surface area contributed by atoms with Crippen molar-refractivity contribution in [2.24, 2.45) is 28.6 Å². The summed E-state index contributed by atoms with van der Waals surface area (Å²) in [5.41, 5.74) is 0.807. The molecule has 0 aromatic heterocycles. The number of fused-ring (bicyclic) bond motifs is 5. The number of aliphatic hydroxyl groups is 2. The van der Waals surface area contributed by atoms with Crippen molar-refractivity contribution >= 4 is 11.6 Å². The zero-order chi connectivity index (χ0) is 16.6. The summed E-state index contributed by atoms with van der Waals surface area (Å²) in [6, 6.07) is 0. The van der Waals surface area contributed by atoms with Gasteiger partial charge in [0.2, 0.25) is 0 Å². The second kappa shape index (κ2) is 4.86. The van der Waals surface area contributed by atoms with Crippen LogP contribution in [0, 0.1) is 28.6 Å². The Kier molecular flexibility index (Phi) is 3.42. The van der Waals surface area contributed by atoms with Crippen LogP contribution in [0.25, 0.3) is 0 Å². The fourth-order valence-corrected chi connectivity index (χ4v) is 7.01. The summed E-state index contributed by atoms with van der Waals surface area (Å²) in [6.45, 7) is 6.69. The summed E-state index contributed by atoms with van der Waals surface area (Å²) >= 11 is 6.48. The van der Waals surface area contributed by atoms with Crippen LogP contribution in [-0.4, -0.2) is 21.9 Å². The Morgan fingerprint density at radius 1 is 1.09 bits per heavy atom. The van der Waals surface area contributed by atoms with Crippen LogP contribution in [-0.2, 0) is 0 Å². The molecule has 0 saturated heterocycles. The van der Waals surface area contributed by atoms with E-state index in [9.17, 15) is 10.2 Å². The van der Waals surface area contributed by atoms with Gasteiger partial charge in [0.1, 0.15) is 6.10 Å². The minimum absolute atomic E-state index is 0.00495. The first-order chi connectivity index (χ1) is 10.7. The molecule has 0 bridgehead atoms. The average Bonchev–Trinajstić information content (AvgIpc) is 2.74. The third-order valence-electron chi connectivity index (χ3n) is 8.32. The van der Waals surface area contributed by atoms with Gasteiger partial charge in [-0.2, -0.15) is 0 Å². The van der Waals surface area contributed by atoms with Crippen LogP contribution >= 0.6 is 11.6 Å². The highest BCUT2D eigenvalue weighted by atomic mass is 35.5. The molecule has 2 N–H and O–H groups in total. The van der Waals surface area contributed by atoms with Gasteiger partial charge in [0.05, 0.1) is 10.6 Å². The molecular weight excluding hydrogens is 308 g/mol. The van der Waals surface area contributed by atoms with Crippen LogP contribution in [0.4, 0.5) is 0 Å². The van der Waals surface area contributed by atoms with E-state index in [-0.39, 0.29) is 10.8 Å². The lowest BCUT2D eigenvalue weighted by molar-refractivity contribution is -0.111. The molecule has 0 heterocycles. The first-order valence-corrected chi connectivity index (χ1v) is 9.57. The molecule has 4 aliphatic rings. The van der Waals surface area contributed by atoms with E-state index in [0.29, 0.717) is 22.8 Å². The van der Waals surface area contributed by atoms with Gasteiger partial charge in [0.15, 0.2) is 0 Å². The molecule has 0 unspecified atom stereocenters. The summed E-state index contributed by atoms with van der Waals surface area (Å²) in [6.07, 6.45) is 9.98. The monoisotopic (exact) mass is 336 g/mol. The number of rotatable bonds is 0. The molecule has 0 radical (unpaired) electrons. The average molecular weight is 337 g/mol. The van der Waals surface area contributed by atoms with Crippen molar-refractivity contribution in [2.75, 3.05) is 0 Å². The fraction of sp³-hybridized carbons (Fsp3) is 0.800. The number of hydrogen-bond acceptors (Lipinski definition) is 2. The van der Waals surface area contributed by atoms with Crippen LogP contribution in [0.15, 0.2) is 22.8 Å². The van der Waals surface area contributed by atoms with Gasteiger partial charge in [0, 0.05) is 5.41 Å². The molecule has 4 rings (SSSR count). The predicted molar refractivity (Wildman–Crippen MR) is 93.0 cm³/mol. The Hall–Kier alpha value is -0.310. The number of halogens is 1. The first kappa shape index (κ1) is 16.2. The summed E-state index contributed by atoms with van der Waals surface area (Å²) in [4.78, 5) is 0. The van der Waals surface area contributed by atoms with Crippen molar-refractivity contribution < 1.29 is 10.2 Å². The molecular formula is C20H29ClO2. The minimum atomic E-state index is -0.614. The quantitative estimate of drug-likeness (QED) is 0.643. The van der Waals surface area contributed by atoms with Gasteiger partial charge >= 0.3 is 0 Å². The zero-order valence-corrected chi connectivity index (χ0v) is 15.2. The van der Waals surface area contributed by atoms with Crippen molar-refractivity contribution in [3.8, 4) is 0 Å². The topological polar surface area (TPSA) is 40.5 Å². The maximum absolute atomic E-state index is 10.9. The lowest BCUT2D eigenvalue weighted by Gasteiger charge is -2.58. The maximum Gasteiger partial charge on any atom is 0.108 e. The van der Waals surface area contributed by atoms with Crippen LogP contribution in [0.1, 0.15) is 59.3 Å². The van der Waals surface area contributed by atoms with Crippen LogP contribution in [0.2, 0.25) is 0 Å². The van der Waals surface area contributed by atoms with E-state index in [1.54, 1.807) is 0 Å². The van der Waals surface area contributed by atoms with Crippen molar-refractivity contribution in [1.82, 2.24) is 0 Å². The molecule has 0 spiro atoms. The lowest BCUT2D eigenvalue weighted by atomic mass is 9.47. The molecule has 23 heavy (non-hydrogen) atoms. The molecule has 4 aliphatic carbocycles. The van der Waals surface area contributed by atoms with Gasteiger partial charge in [-0.25, -0.2) is 0 Å². The highest BCUT2D eigenvalue weighted by Gasteiger charge is 2.62. The molecule has 3 fully saturated rings. The Morgan fingerprint density at radius 3 is 2.52 bits per heavy atom. The Balaban J connectivity index is 1.72. The smallest absolute Gasteiger partial charge is 0.108 e. The third kappa shape index (κ3) is 1.95. The van der Waals surface area contributed by atoms with Crippen molar-refractivity contribution in [2.45, 2.75) is 71.0 Å². The van der Waals surface area contributed by atoms with E-state index in [1.807, 2.05) is 6.08 Å². The molecule has 2 nitrogen and oxygen atoms in total. The van der Waals surface area contributed by atoms with Gasteiger partial charge in [-0.3, -0.25) is 0 Å². The third-order valence-corrected chi connectivity index (χ3v) is 8.77. The van der Waals surface area contributed by atoms with Crippen LogP contribution in [0.5, 0.6) is 0 Å². The lowest BCUT2D eigenvalue weighted by Crippen LogP contribution is -2.53. The van der Waals surface area contributed by atoms with Crippen molar-refractivity contribution in [3.63, 3.8) is 0 Å². The highest BCUT2D eigenvalue weighted by molar-refractivity contribution is 6.31. The zero-order valence-electron chi connectivity index (χ0n) is 14.5. The Morgan fingerprint density at radius 2 is 1.78 bits per heavy atom. The molecule has 0 aliphatic heterocycles. The predicted octanol–water partition coefficient (Wildman–Crippen LogP) is 4.40. The van der Waals surface area contributed by atoms with E-state index in [1.165, 1.54) is 5.57 Å². The van der Waals surface area contributed by atoms with E-state index >= 15 is 0 Å². The highest BCUT2D eigenvalue weighted by Crippen LogP contribution is 2.67. The number of aliphatic hydroxyl groups excluding tert-OH is 1. The minimum Gasteiger partial charge on any atom is -0.390 e. The van der Waals surface area contributed by atoms with Gasteiger partial charge in [-0.15, -0.1) is 0 Å². The standard InChI is InChI=1S/C20H29ClO2/c1-18-9-8-16(22)17(21)15(18)5-4-12-13(18)6-10-19(2)14(12)7-11-20(19,3)23/h8-9,12-14,16,22-23H,4-7,10-11H2,1-3H3/t12-,13+,14+,16+,18-,19+,20+/m1/s1. The molecule has 3 saturated carbocycles. The summed E-state index contributed by atoms with van der Waals surface area (Å²) < 4.78 is 0. The van der Waals surface area contributed by atoms with Gasteiger partial charge in [-0.05, 0) is 74.2 Å². The SMILES string of the molecule is C[C@]12C=C[C@H](O)C(Cl)=C1CC[C@@H]1[C@@H]2CC[C@@]2(C)[C@H]1CC[C@]2(C)O. The maximum atomic E-state index is 10.9. The van der Waals surface area contributed by atoms with E-state index in [0.717, 1.165) is 38.5 Å². The fourth-order valence-electron chi connectivity index (χ4n) is 6.64. The molecule has 0 aromatic carbocycles. The molecule has 3 heteroatoms. The Bertz CT molecular complexity index is 592. The summed E-state index contributed by atoms with van der Waals surface area (Å²) in [7, 11) is 0. The van der Waals surface area contributed by atoms with Gasteiger partial charge in [-0.1, -0.05) is 37.6 Å². The van der Waals surface area contributed by atoms with E-state index in [2.05, 4.69) is 26.8 Å². The normalized spacial score (nSPS) is 55.4. The van der Waals surface area contributed by atoms with Crippen LogP contribution < -0.4 is 0 Å². The Labute approximate surface area is 144 Å². The number of hydrogen-bond donors (Lipinski definition) is 2. The molecule has 0 amide bonds. The van der Waals surface area contributed by atoms with Crippen LogP contribution in [0.3, 0.4) is 0 Å². The molecule has 128 valence electrons. The first-order valence-electron chi connectivity index (χ1n) is 9.19. The summed E-state index contributed by atoms with van der Waals surface area (Å²) in [5.74, 6) is 1.88. The summed E-state index contributed by atoms with van der Waals surface area (Å²) in [5, 5.41) is 21.7. The van der Waals surface area contributed by atoms with E-state index < -0.39 is 11.7 Å².